The minimum absolute atomic E-state index is 0.320. The average Bonchev–Trinajstić information content (AvgIpc) is 2.42. The lowest BCUT2D eigenvalue weighted by Crippen LogP contribution is -2.17. The maximum absolute atomic E-state index is 5.93. The van der Waals surface area contributed by atoms with Gasteiger partial charge in [-0.2, -0.15) is 0 Å². The molecule has 106 valence electrons. The highest BCUT2D eigenvalue weighted by Crippen LogP contribution is 2.31. The summed E-state index contributed by atoms with van der Waals surface area (Å²) in [5.74, 6) is 1.72. The fraction of sp³-hybridized carbons (Fsp3) is 0.250. The maximum atomic E-state index is 5.93. The molecule has 0 fully saturated rings. The third-order valence-electron chi connectivity index (χ3n) is 3.01. The van der Waals surface area contributed by atoms with E-state index in [1.165, 1.54) is 5.56 Å². The molecule has 0 aromatic heterocycles. The van der Waals surface area contributed by atoms with Crippen molar-refractivity contribution in [3.05, 3.63) is 56.1 Å². The van der Waals surface area contributed by atoms with Crippen LogP contribution in [-0.2, 0) is 0 Å². The number of ether oxygens (including phenoxy) is 1. The molecule has 0 saturated carbocycles. The zero-order valence-corrected chi connectivity index (χ0v) is 15.2. The van der Waals surface area contributed by atoms with Crippen LogP contribution >= 0.6 is 38.5 Å². The minimum Gasteiger partial charge on any atom is -0.456 e. The Bertz CT molecular complexity index is 588. The van der Waals surface area contributed by atoms with Crippen LogP contribution in [0.15, 0.2) is 46.9 Å². The van der Waals surface area contributed by atoms with Gasteiger partial charge in [-0.1, -0.05) is 41.1 Å². The molecule has 1 atom stereocenters. The van der Waals surface area contributed by atoms with Gasteiger partial charge in [0, 0.05) is 10.5 Å². The standard InChI is InChI=1S/C16H17BrINO/c1-3-19-11(2)13-9-8-12(10-14(13)17)20-16-7-5-4-6-15(16)18/h4-11,19H,3H2,1-2H3. The van der Waals surface area contributed by atoms with E-state index in [2.05, 4.69) is 63.8 Å². The van der Waals surface area contributed by atoms with E-state index in [0.717, 1.165) is 26.1 Å². The van der Waals surface area contributed by atoms with Crippen LogP contribution in [0.4, 0.5) is 0 Å². The molecule has 2 nitrogen and oxygen atoms in total. The van der Waals surface area contributed by atoms with Crippen LogP contribution in [0, 0.1) is 3.57 Å². The van der Waals surface area contributed by atoms with Gasteiger partial charge in [-0.15, -0.1) is 0 Å². The molecule has 1 N–H and O–H groups in total. The Morgan fingerprint density at radius 2 is 2.00 bits per heavy atom. The second-order valence-corrected chi connectivity index (χ2v) is 6.51. The van der Waals surface area contributed by atoms with Crippen LogP contribution < -0.4 is 10.1 Å². The van der Waals surface area contributed by atoms with Gasteiger partial charge < -0.3 is 10.1 Å². The van der Waals surface area contributed by atoms with E-state index in [-0.39, 0.29) is 0 Å². The summed E-state index contributed by atoms with van der Waals surface area (Å²) in [6, 6.07) is 14.4. The highest BCUT2D eigenvalue weighted by atomic mass is 127. The third kappa shape index (κ3) is 3.96. The first-order valence-corrected chi connectivity index (χ1v) is 8.44. The summed E-state index contributed by atoms with van der Waals surface area (Å²) in [6.45, 7) is 5.22. The summed E-state index contributed by atoms with van der Waals surface area (Å²) in [5, 5.41) is 3.41. The van der Waals surface area contributed by atoms with Gasteiger partial charge in [0.1, 0.15) is 11.5 Å². The predicted molar refractivity (Wildman–Crippen MR) is 95.5 cm³/mol. The van der Waals surface area contributed by atoms with Crippen LogP contribution in [0.3, 0.4) is 0 Å². The molecule has 2 aromatic carbocycles. The van der Waals surface area contributed by atoms with Gasteiger partial charge in [-0.05, 0) is 65.9 Å². The quantitative estimate of drug-likeness (QED) is 0.612. The van der Waals surface area contributed by atoms with Crippen molar-refractivity contribution in [3.63, 3.8) is 0 Å². The largest absolute Gasteiger partial charge is 0.456 e. The van der Waals surface area contributed by atoms with E-state index in [0.29, 0.717) is 6.04 Å². The molecule has 4 heteroatoms. The molecular weight excluding hydrogens is 429 g/mol. The summed E-state index contributed by atoms with van der Waals surface area (Å²) >= 11 is 5.91. The molecule has 0 aliphatic carbocycles. The molecule has 0 heterocycles. The molecular formula is C16H17BrINO. The van der Waals surface area contributed by atoms with Crippen molar-refractivity contribution in [1.82, 2.24) is 5.32 Å². The van der Waals surface area contributed by atoms with Gasteiger partial charge in [0.2, 0.25) is 0 Å². The lowest BCUT2D eigenvalue weighted by atomic mass is 10.1. The van der Waals surface area contributed by atoms with Gasteiger partial charge in [0.15, 0.2) is 0 Å². The average molecular weight is 446 g/mol. The fourth-order valence-corrected chi connectivity index (χ4v) is 3.19. The molecule has 2 aromatic rings. The minimum atomic E-state index is 0.320. The number of nitrogens with one attached hydrogen (secondary N) is 1. The van der Waals surface area contributed by atoms with E-state index in [1.807, 2.05) is 36.4 Å². The molecule has 0 aliphatic rings. The first-order chi connectivity index (χ1) is 9.61. The van der Waals surface area contributed by atoms with Crippen molar-refractivity contribution >= 4 is 38.5 Å². The number of benzene rings is 2. The summed E-state index contributed by atoms with van der Waals surface area (Å²) < 4.78 is 8.09. The van der Waals surface area contributed by atoms with Gasteiger partial charge in [-0.3, -0.25) is 0 Å². The SMILES string of the molecule is CCNC(C)c1ccc(Oc2ccccc2I)cc1Br. The Morgan fingerprint density at radius 1 is 1.25 bits per heavy atom. The van der Waals surface area contributed by atoms with Gasteiger partial charge >= 0.3 is 0 Å². The monoisotopic (exact) mass is 445 g/mol. The van der Waals surface area contributed by atoms with E-state index in [1.54, 1.807) is 0 Å². The molecule has 0 radical (unpaired) electrons. The molecule has 1 unspecified atom stereocenters. The normalized spacial score (nSPS) is 12.2. The first-order valence-electron chi connectivity index (χ1n) is 6.57. The van der Waals surface area contributed by atoms with Crippen LogP contribution in [-0.4, -0.2) is 6.54 Å². The van der Waals surface area contributed by atoms with Gasteiger partial charge in [-0.25, -0.2) is 0 Å². The lowest BCUT2D eigenvalue weighted by Gasteiger charge is -2.16. The molecule has 0 aliphatic heterocycles. The van der Waals surface area contributed by atoms with Gasteiger partial charge in [0.05, 0.1) is 3.57 Å². The molecule has 0 bridgehead atoms. The van der Waals surface area contributed by atoms with Crippen molar-refractivity contribution in [2.75, 3.05) is 6.54 Å². The first kappa shape index (κ1) is 15.8. The van der Waals surface area contributed by atoms with Crippen molar-refractivity contribution in [1.29, 1.82) is 0 Å². The van der Waals surface area contributed by atoms with Gasteiger partial charge in [0.25, 0.3) is 0 Å². The van der Waals surface area contributed by atoms with E-state index in [9.17, 15) is 0 Å². The number of halogens is 2. The molecule has 20 heavy (non-hydrogen) atoms. The van der Waals surface area contributed by atoms with E-state index in [4.69, 9.17) is 4.74 Å². The molecule has 2 rings (SSSR count). The molecule has 0 amide bonds. The summed E-state index contributed by atoms with van der Waals surface area (Å²) in [7, 11) is 0. The van der Waals surface area contributed by atoms with Crippen LogP contribution in [0.1, 0.15) is 25.5 Å². The van der Waals surface area contributed by atoms with Crippen LogP contribution in [0.2, 0.25) is 0 Å². The second-order valence-electron chi connectivity index (χ2n) is 4.50. The fourth-order valence-electron chi connectivity index (χ4n) is 1.99. The van der Waals surface area contributed by atoms with Crippen molar-refractivity contribution in [3.8, 4) is 11.5 Å². The highest BCUT2D eigenvalue weighted by Gasteiger charge is 2.10. The Labute approximate surface area is 142 Å². The number of rotatable bonds is 5. The smallest absolute Gasteiger partial charge is 0.140 e. The van der Waals surface area contributed by atoms with Crippen molar-refractivity contribution in [2.45, 2.75) is 19.9 Å². The maximum Gasteiger partial charge on any atom is 0.140 e. The van der Waals surface area contributed by atoms with Crippen molar-refractivity contribution < 1.29 is 4.74 Å². The lowest BCUT2D eigenvalue weighted by molar-refractivity contribution is 0.478. The van der Waals surface area contributed by atoms with Crippen LogP contribution in [0.25, 0.3) is 0 Å². The molecule has 0 spiro atoms. The number of hydrogen-bond acceptors (Lipinski definition) is 2. The zero-order chi connectivity index (χ0) is 14.5. The second kappa shape index (κ2) is 7.43. The summed E-state index contributed by atoms with van der Waals surface area (Å²) in [5.41, 5.74) is 1.24. The molecule has 0 saturated heterocycles. The highest BCUT2D eigenvalue weighted by molar-refractivity contribution is 14.1. The number of para-hydroxylation sites is 1. The van der Waals surface area contributed by atoms with E-state index >= 15 is 0 Å². The van der Waals surface area contributed by atoms with E-state index < -0.39 is 0 Å². The van der Waals surface area contributed by atoms with Crippen LogP contribution in [0.5, 0.6) is 11.5 Å². The number of hydrogen-bond donors (Lipinski definition) is 1. The third-order valence-corrected chi connectivity index (χ3v) is 4.59. The Morgan fingerprint density at radius 3 is 2.65 bits per heavy atom. The summed E-state index contributed by atoms with van der Waals surface area (Å²) in [4.78, 5) is 0. The summed E-state index contributed by atoms with van der Waals surface area (Å²) in [6.07, 6.45) is 0. The Hall–Kier alpha value is -0.590. The topological polar surface area (TPSA) is 21.3 Å². The zero-order valence-electron chi connectivity index (χ0n) is 11.5. The Balaban J connectivity index is 2.19. The Kier molecular flexibility index (Phi) is 5.86. The van der Waals surface area contributed by atoms with Crippen molar-refractivity contribution in [2.24, 2.45) is 0 Å². The predicted octanol–water partition coefficient (Wildman–Crippen LogP) is 5.52.